The Morgan fingerprint density at radius 3 is 2.83 bits per heavy atom. The van der Waals surface area contributed by atoms with Crippen LogP contribution < -0.4 is 15.4 Å². The highest BCUT2D eigenvalue weighted by Gasteiger charge is 2.08. The third kappa shape index (κ3) is 3.03. The second kappa shape index (κ2) is 6.26. The van der Waals surface area contributed by atoms with Crippen molar-refractivity contribution in [1.29, 1.82) is 0 Å². The average Bonchev–Trinajstić information content (AvgIpc) is 3.10. The van der Waals surface area contributed by atoms with Crippen molar-refractivity contribution in [3.05, 3.63) is 36.3 Å². The molecule has 0 radical (unpaired) electrons. The van der Waals surface area contributed by atoms with Gasteiger partial charge in [0.15, 0.2) is 11.6 Å². The van der Waals surface area contributed by atoms with Crippen LogP contribution in [0.15, 0.2) is 30.7 Å². The molecule has 0 aliphatic rings. The smallest absolute Gasteiger partial charge is 0.229 e. The first-order valence-electron chi connectivity index (χ1n) is 6.91. The van der Waals surface area contributed by atoms with E-state index in [-0.39, 0.29) is 0 Å². The number of tetrazole rings is 1. The molecule has 0 amide bonds. The van der Waals surface area contributed by atoms with Crippen LogP contribution in [0.25, 0.3) is 5.69 Å². The average molecular weight is 312 g/mol. The maximum absolute atomic E-state index is 5.18. The second-order valence-electron chi connectivity index (χ2n) is 4.74. The number of benzene rings is 1. The quantitative estimate of drug-likeness (QED) is 0.731. The number of hydrogen-bond donors (Lipinski definition) is 2. The maximum Gasteiger partial charge on any atom is 0.229 e. The molecule has 0 bridgehead atoms. The largest absolute Gasteiger partial charge is 0.491 e. The van der Waals surface area contributed by atoms with E-state index in [1.54, 1.807) is 31.4 Å². The van der Waals surface area contributed by atoms with Crippen LogP contribution in [0.2, 0.25) is 0 Å². The summed E-state index contributed by atoms with van der Waals surface area (Å²) in [6.07, 6.45) is 3.16. The Bertz CT molecular complexity index is 803. The van der Waals surface area contributed by atoms with E-state index in [4.69, 9.17) is 4.74 Å². The zero-order valence-corrected chi connectivity index (χ0v) is 13.0. The van der Waals surface area contributed by atoms with Gasteiger partial charge in [0.2, 0.25) is 5.95 Å². The van der Waals surface area contributed by atoms with Gasteiger partial charge in [0.25, 0.3) is 0 Å². The van der Waals surface area contributed by atoms with E-state index in [9.17, 15) is 0 Å². The lowest BCUT2D eigenvalue weighted by Gasteiger charge is -2.11. The summed E-state index contributed by atoms with van der Waals surface area (Å²) in [6, 6.07) is 5.84. The molecule has 0 aliphatic heterocycles. The first-order valence-corrected chi connectivity index (χ1v) is 6.91. The van der Waals surface area contributed by atoms with E-state index in [0.717, 1.165) is 16.9 Å². The number of nitrogens with one attached hydrogen (secondary N) is 2. The van der Waals surface area contributed by atoms with Gasteiger partial charge in [0, 0.05) is 12.7 Å². The SMILES string of the molecule is CNc1nc(Nc2ccc(C)c(-n3cnnn3)c2)ncc1OC. The molecule has 0 saturated carbocycles. The minimum Gasteiger partial charge on any atom is -0.491 e. The number of methoxy groups -OCH3 is 1. The molecule has 9 heteroatoms. The van der Waals surface area contributed by atoms with Crippen LogP contribution in [0, 0.1) is 6.92 Å². The van der Waals surface area contributed by atoms with Gasteiger partial charge in [-0.25, -0.2) is 9.67 Å². The molecule has 2 aromatic heterocycles. The van der Waals surface area contributed by atoms with Crippen molar-refractivity contribution < 1.29 is 4.74 Å². The minimum absolute atomic E-state index is 0.460. The maximum atomic E-state index is 5.18. The monoisotopic (exact) mass is 312 g/mol. The van der Waals surface area contributed by atoms with Gasteiger partial charge in [-0.15, -0.1) is 5.10 Å². The standard InChI is InChI=1S/C14H16N8O/c1-9-4-5-10(6-11(9)22-8-17-20-21-22)18-14-16-7-12(23-3)13(15-2)19-14/h4-8H,1-3H3,(H2,15,16,18,19). The van der Waals surface area contributed by atoms with Gasteiger partial charge in [-0.05, 0) is 35.0 Å². The number of ether oxygens (including phenoxy) is 1. The van der Waals surface area contributed by atoms with Crippen LogP contribution >= 0.6 is 0 Å². The summed E-state index contributed by atoms with van der Waals surface area (Å²) in [5.41, 5.74) is 2.75. The topological polar surface area (TPSA) is 103 Å². The molecule has 118 valence electrons. The predicted molar refractivity (Wildman–Crippen MR) is 85.3 cm³/mol. The molecule has 2 N–H and O–H groups in total. The predicted octanol–water partition coefficient (Wildman–Crippen LogP) is 1.55. The summed E-state index contributed by atoms with van der Waals surface area (Å²) in [4.78, 5) is 8.60. The van der Waals surface area contributed by atoms with Crippen molar-refractivity contribution in [2.75, 3.05) is 24.8 Å². The Labute approximate surface area is 132 Å². The summed E-state index contributed by atoms with van der Waals surface area (Å²) in [6.45, 7) is 1.99. The van der Waals surface area contributed by atoms with Crippen molar-refractivity contribution in [2.24, 2.45) is 0 Å². The summed E-state index contributed by atoms with van der Waals surface area (Å²) >= 11 is 0. The molecule has 0 fully saturated rings. The molecule has 1 aromatic carbocycles. The van der Waals surface area contributed by atoms with Gasteiger partial charge >= 0.3 is 0 Å². The highest BCUT2D eigenvalue weighted by atomic mass is 16.5. The summed E-state index contributed by atoms with van der Waals surface area (Å²) in [7, 11) is 3.35. The third-order valence-electron chi connectivity index (χ3n) is 3.27. The highest BCUT2D eigenvalue weighted by molar-refractivity contribution is 5.61. The van der Waals surface area contributed by atoms with Crippen molar-refractivity contribution in [3.8, 4) is 11.4 Å². The van der Waals surface area contributed by atoms with Gasteiger partial charge in [0.05, 0.1) is 19.0 Å². The lowest BCUT2D eigenvalue weighted by atomic mass is 10.2. The molecular weight excluding hydrogens is 296 g/mol. The lowest BCUT2D eigenvalue weighted by Crippen LogP contribution is -2.04. The molecule has 0 atom stereocenters. The normalized spacial score (nSPS) is 10.4. The van der Waals surface area contributed by atoms with Crippen LogP contribution in [0.3, 0.4) is 0 Å². The number of anilines is 3. The lowest BCUT2D eigenvalue weighted by molar-refractivity contribution is 0.413. The van der Waals surface area contributed by atoms with Gasteiger partial charge in [-0.3, -0.25) is 0 Å². The molecule has 0 spiro atoms. The van der Waals surface area contributed by atoms with Crippen LogP contribution in [-0.4, -0.2) is 44.3 Å². The molecule has 0 saturated heterocycles. The summed E-state index contributed by atoms with van der Waals surface area (Å²) in [5.74, 6) is 1.65. The minimum atomic E-state index is 0.460. The van der Waals surface area contributed by atoms with Crippen molar-refractivity contribution in [3.63, 3.8) is 0 Å². The molecule has 0 unspecified atom stereocenters. The van der Waals surface area contributed by atoms with E-state index < -0.39 is 0 Å². The Morgan fingerprint density at radius 1 is 1.26 bits per heavy atom. The first kappa shape index (κ1) is 14.7. The number of rotatable bonds is 5. The highest BCUT2D eigenvalue weighted by Crippen LogP contribution is 2.24. The third-order valence-corrected chi connectivity index (χ3v) is 3.27. The van der Waals surface area contributed by atoms with Crippen molar-refractivity contribution in [1.82, 2.24) is 30.2 Å². The van der Waals surface area contributed by atoms with Gasteiger partial charge in [-0.2, -0.15) is 4.98 Å². The fourth-order valence-corrected chi connectivity index (χ4v) is 2.09. The molecule has 2 heterocycles. The van der Waals surface area contributed by atoms with E-state index in [1.165, 1.54) is 0 Å². The molecule has 3 rings (SSSR count). The van der Waals surface area contributed by atoms with E-state index in [2.05, 4.69) is 36.1 Å². The van der Waals surface area contributed by atoms with Gasteiger partial charge in [-0.1, -0.05) is 6.07 Å². The summed E-state index contributed by atoms with van der Waals surface area (Å²) < 4.78 is 6.79. The molecule has 3 aromatic rings. The van der Waals surface area contributed by atoms with E-state index in [0.29, 0.717) is 17.5 Å². The number of aryl methyl sites for hydroxylation is 1. The zero-order valence-electron chi connectivity index (χ0n) is 13.0. The molecule has 0 aliphatic carbocycles. The van der Waals surface area contributed by atoms with E-state index >= 15 is 0 Å². The molecule has 23 heavy (non-hydrogen) atoms. The van der Waals surface area contributed by atoms with Crippen LogP contribution in [0.1, 0.15) is 5.56 Å². The molecular formula is C14H16N8O. The fraction of sp³-hybridized carbons (Fsp3) is 0.214. The Hall–Kier alpha value is -3.23. The Kier molecular flexibility index (Phi) is 4.00. The Balaban J connectivity index is 1.90. The van der Waals surface area contributed by atoms with E-state index in [1.807, 2.05) is 25.1 Å². The Morgan fingerprint density at radius 2 is 2.13 bits per heavy atom. The summed E-state index contributed by atoms with van der Waals surface area (Å²) in [5, 5.41) is 17.4. The van der Waals surface area contributed by atoms with Crippen LogP contribution in [0.5, 0.6) is 5.75 Å². The van der Waals surface area contributed by atoms with Gasteiger partial charge < -0.3 is 15.4 Å². The van der Waals surface area contributed by atoms with Crippen LogP contribution in [0.4, 0.5) is 17.5 Å². The number of hydrogen-bond acceptors (Lipinski definition) is 8. The first-order chi connectivity index (χ1) is 11.2. The second-order valence-corrected chi connectivity index (χ2v) is 4.74. The number of aromatic nitrogens is 6. The number of nitrogens with zero attached hydrogens (tertiary/aromatic N) is 6. The molecule has 9 nitrogen and oxygen atoms in total. The fourth-order valence-electron chi connectivity index (χ4n) is 2.09. The zero-order chi connectivity index (χ0) is 16.2. The van der Waals surface area contributed by atoms with Gasteiger partial charge in [0.1, 0.15) is 6.33 Å². The van der Waals surface area contributed by atoms with Crippen molar-refractivity contribution in [2.45, 2.75) is 6.92 Å². The van der Waals surface area contributed by atoms with Crippen LogP contribution in [-0.2, 0) is 0 Å². The van der Waals surface area contributed by atoms with Crippen molar-refractivity contribution >= 4 is 17.5 Å².